The number of azo groups is 1. The van der Waals surface area contributed by atoms with Crippen molar-refractivity contribution in [3.63, 3.8) is 0 Å². The van der Waals surface area contributed by atoms with Gasteiger partial charge < -0.3 is 10.2 Å². The third kappa shape index (κ3) is 5.01. The number of hydrogen-bond donors (Lipinski definition) is 1. The zero-order valence-electron chi connectivity index (χ0n) is 18.0. The molecule has 0 atom stereocenters. The Kier molecular flexibility index (Phi) is 6.57. The molecule has 4 rings (SSSR count). The van der Waals surface area contributed by atoms with Crippen LogP contribution in [0.25, 0.3) is 16.7 Å². The van der Waals surface area contributed by atoms with E-state index in [1.54, 1.807) is 16.9 Å². The van der Waals surface area contributed by atoms with Gasteiger partial charge >= 0.3 is 0 Å². The monoisotopic (exact) mass is 428 g/mol. The minimum atomic E-state index is -0.100. The summed E-state index contributed by atoms with van der Waals surface area (Å²) in [6.45, 7) is 1.71. The Morgan fingerprint density at radius 1 is 1.09 bits per heavy atom. The number of carbonyl (C=O) groups excluding carboxylic acids is 1. The van der Waals surface area contributed by atoms with Crippen LogP contribution in [-0.2, 0) is 6.54 Å². The molecule has 162 valence electrons. The van der Waals surface area contributed by atoms with Gasteiger partial charge in [-0.2, -0.15) is 10.2 Å². The maximum absolute atomic E-state index is 12.3. The van der Waals surface area contributed by atoms with Gasteiger partial charge in [0.15, 0.2) is 11.5 Å². The first-order valence-electron chi connectivity index (χ1n) is 10.3. The van der Waals surface area contributed by atoms with Crippen LogP contribution in [0.1, 0.15) is 15.9 Å². The maximum Gasteiger partial charge on any atom is 0.251 e. The molecule has 32 heavy (non-hydrogen) atoms. The quantitative estimate of drug-likeness (QED) is 0.434. The lowest BCUT2D eigenvalue weighted by Crippen LogP contribution is -2.31. The number of nitrogens with one attached hydrogen (secondary N) is 1. The Morgan fingerprint density at radius 3 is 2.75 bits per heavy atom. The highest BCUT2D eigenvalue weighted by molar-refractivity contribution is 5.94. The van der Waals surface area contributed by atoms with Crippen molar-refractivity contribution in [1.82, 2.24) is 30.0 Å². The number of fused-ring (bicyclic) bond motifs is 1. The average Bonchev–Trinajstić information content (AvgIpc) is 3.25. The summed E-state index contributed by atoms with van der Waals surface area (Å²) in [5.41, 5.74) is 3.06. The molecule has 0 saturated heterocycles. The Labute approximate surface area is 185 Å². The van der Waals surface area contributed by atoms with E-state index in [-0.39, 0.29) is 5.91 Å². The Bertz CT molecular complexity index is 1230. The Balaban J connectivity index is 1.47. The second-order valence-corrected chi connectivity index (χ2v) is 7.49. The molecule has 1 N–H and O–H groups in total. The third-order valence-corrected chi connectivity index (χ3v) is 4.80. The molecule has 0 aliphatic carbocycles. The number of likely N-dealkylation sites (N-methyl/N-ethyl adjacent to an activating group) is 1. The van der Waals surface area contributed by atoms with E-state index >= 15 is 0 Å². The van der Waals surface area contributed by atoms with E-state index in [0.29, 0.717) is 35.5 Å². The van der Waals surface area contributed by atoms with E-state index in [1.165, 1.54) is 6.33 Å². The standard InChI is InChI=1S/C23H24N8O/c1-30(2)12-11-24-23(32)18-8-6-7-17(13-18)14-27-29-21-20-15-28-31(22(20)26-16-25-21)19-9-4-3-5-10-19/h3-10,13,15-16H,11-12,14H2,1-2H3,(H,24,32). The number of carbonyl (C=O) groups is 1. The minimum absolute atomic E-state index is 0.100. The molecule has 9 heteroatoms. The molecule has 0 aliphatic heterocycles. The SMILES string of the molecule is CN(C)CCNC(=O)c1cccc(CN=Nc2ncnc3c2cnn3-c2ccccc2)c1. The summed E-state index contributed by atoms with van der Waals surface area (Å²) >= 11 is 0. The van der Waals surface area contributed by atoms with E-state index in [1.807, 2.05) is 67.5 Å². The van der Waals surface area contributed by atoms with Gasteiger partial charge in [0.25, 0.3) is 5.91 Å². The van der Waals surface area contributed by atoms with Crippen molar-refractivity contribution < 1.29 is 4.79 Å². The van der Waals surface area contributed by atoms with Crippen LogP contribution in [0.2, 0.25) is 0 Å². The van der Waals surface area contributed by atoms with E-state index in [9.17, 15) is 4.79 Å². The molecule has 0 saturated carbocycles. The topological polar surface area (TPSA) is 101 Å². The van der Waals surface area contributed by atoms with Gasteiger partial charge in [-0.25, -0.2) is 14.6 Å². The first-order valence-corrected chi connectivity index (χ1v) is 10.3. The summed E-state index contributed by atoms with van der Waals surface area (Å²) in [5, 5.41) is 16.6. The van der Waals surface area contributed by atoms with E-state index in [2.05, 4.69) is 30.6 Å². The maximum atomic E-state index is 12.3. The van der Waals surface area contributed by atoms with E-state index in [0.717, 1.165) is 17.8 Å². The number of hydrogen-bond acceptors (Lipinski definition) is 7. The van der Waals surface area contributed by atoms with Crippen molar-refractivity contribution in [3.8, 4) is 5.69 Å². The van der Waals surface area contributed by atoms with Crippen molar-refractivity contribution in [2.45, 2.75) is 6.54 Å². The van der Waals surface area contributed by atoms with Crippen LogP contribution in [0.4, 0.5) is 5.82 Å². The predicted octanol–water partition coefficient (Wildman–Crippen LogP) is 3.39. The smallest absolute Gasteiger partial charge is 0.251 e. The summed E-state index contributed by atoms with van der Waals surface area (Å²) in [6, 6.07) is 17.1. The lowest BCUT2D eigenvalue weighted by Gasteiger charge is -2.10. The first-order chi connectivity index (χ1) is 15.6. The number of nitrogens with zero attached hydrogens (tertiary/aromatic N) is 7. The minimum Gasteiger partial charge on any atom is -0.351 e. The highest BCUT2D eigenvalue weighted by Crippen LogP contribution is 2.24. The van der Waals surface area contributed by atoms with Crippen LogP contribution in [0, 0.1) is 0 Å². The molecule has 0 aliphatic rings. The molecule has 4 aromatic rings. The molecule has 0 radical (unpaired) electrons. The zero-order chi connectivity index (χ0) is 22.3. The van der Waals surface area contributed by atoms with E-state index < -0.39 is 0 Å². The van der Waals surface area contributed by atoms with Gasteiger partial charge in [0.1, 0.15) is 6.33 Å². The van der Waals surface area contributed by atoms with Gasteiger partial charge in [0, 0.05) is 18.7 Å². The lowest BCUT2D eigenvalue weighted by atomic mass is 10.1. The van der Waals surface area contributed by atoms with E-state index in [4.69, 9.17) is 0 Å². The van der Waals surface area contributed by atoms with Crippen LogP contribution in [0.3, 0.4) is 0 Å². The summed E-state index contributed by atoms with van der Waals surface area (Å²) in [4.78, 5) is 22.9. The van der Waals surface area contributed by atoms with Gasteiger partial charge in [-0.1, -0.05) is 30.3 Å². The second-order valence-electron chi connectivity index (χ2n) is 7.49. The summed E-state index contributed by atoms with van der Waals surface area (Å²) in [5.74, 6) is 0.353. The number of aromatic nitrogens is 4. The normalized spacial score (nSPS) is 11.5. The molecule has 2 aromatic carbocycles. The molecule has 0 fully saturated rings. The fourth-order valence-corrected chi connectivity index (χ4v) is 3.16. The van der Waals surface area contributed by atoms with Crippen LogP contribution in [0.5, 0.6) is 0 Å². The van der Waals surface area contributed by atoms with Gasteiger partial charge in [-0.05, 0) is 43.9 Å². The number of rotatable bonds is 8. The number of para-hydroxylation sites is 1. The van der Waals surface area contributed by atoms with Crippen LogP contribution in [-0.4, -0.2) is 57.7 Å². The molecule has 2 aromatic heterocycles. The molecule has 9 nitrogen and oxygen atoms in total. The fraction of sp³-hybridized carbons (Fsp3) is 0.217. The van der Waals surface area contributed by atoms with Gasteiger partial charge in [-0.15, -0.1) is 5.11 Å². The highest BCUT2D eigenvalue weighted by atomic mass is 16.1. The van der Waals surface area contributed by atoms with Crippen molar-refractivity contribution in [3.05, 3.63) is 78.2 Å². The number of amides is 1. The molecule has 0 spiro atoms. The molecular weight excluding hydrogens is 404 g/mol. The summed E-state index contributed by atoms with van der Waals surface area (Å²) in [7, 11) is 3.94. The molecule has 2 heterocycles. The largest absolute Gasteiger partial charge is 0.351 e. The van der Waals surface area contributed by atoms with Gasteiger partial charge in [-0.3, -0.25) is 4.79 Å². The molecule has 0 bridgehead atoms. The molecule has 0 unspecified atom stereocenters. The van der Waals surface area contributed by atoms with Crippen molar-refractivity contribution in [2.75, 3.05) is 27.2 Å². The molecule has 1 amide bonds. The summed E-state index contributed by atoms with van der Waals surface area (Å²) < 4.78 is 1.74. The van der Waals surface area contributed by atoms with Crippen LogP contribution >= 0.6 is 0 Å². The van der Waals surface area contributed by atoms with Crippen LogP contribution in [0.15, 0.2) is 77.3 Å². The zero-order valence-corrected chi connectivity index (χ0v) is 18.0. The fourth-order valence-electron chi connectivity index (χ4n) is 3.16. The predicted molar refractivity (Wildman–Crippen MR) is 122 cm³/mol. The Morgan fingerprint density at radius 2 is 1.94 bits per heavy atom. The summed E-state index contributed by atoms with van der Waals surface area (Å²) in [6.07, 6.45) is 3.14. The van der Waals surface area contributed by atoms with Gasteiger partial charge in [0.05, 0.1) is 23.8 Å². The third-order valence-electron chi connectivity index (χ3n) is 4.80. The average molecular weight is 429 g/mol. The lowest BCUT2D eigenvalue weighted by molar-refractivity contribution is 0.0951. The van der Waals surface area contributed by atoms with Crippen LogP contribution < -0.4 is 5.32 Å². The molecular formula is C23H24N8O. The Hall–Kier alpha value is -3.98. The highest BCUT2D eigenvalue weighted by Gasteiger charge is 2.11. The van der Waals surface area contributed by atoms with Gasteiger partial charge in [0.2, 0.25) is 0 Å². The van der Waals surface area contributed by atoms with Crippen molar-refractivity contribution in [2.24, 2.45) is 10.2 Å². The number of benzene rings is 2. The first kappa shape index (κ1) is 21.3. The second kappa shape index (κ2) is 9.88. The van der Waals surface area contributed by atoms with Crippen molar-refractivity contribution >= 4 is 22.8 Å². The van der Waals surface area contributed by atoms with Crippen molar-refractivity contribution in [1.29, 1.82) is 0 Å².